The third-order valence-corrected chi connectivity index (χ3v) is 1.90. The third-order valence-electron chi connectivity index (χ3n) is 1.04. The highest BCUT2D eigenvalue weighted by molar-refractivity contribution is 7.86. The van der Waals surface area contributed by atoms with Crippen molar-refractivity contribution in [2.75, 3.05) is 6.61 Å². The van der Waals surface area contributed by atoms with E-state index in [0.717, 1.165) is 0 Å². The van der Waals surface area contributed by atoms with E-state index in [1.165, 1.54) is 0 Å². The monoisotopic (exact) mass is 237 g/mol. The summed E-state index contributed by atoms with van der Waals surface area (Å²) in [6.45, 7) is 1.86. The molecule has 84 valence electrons. The van der Waals surface area contributed by atoms with E-state index in [2.05, 4.69) is 11.3 Å². The van der Waals surface area contributed by atoms with E-state index in [1.54, 1.807) is 0 Å². The van der Waals surface area contributed by atoms with Gasteiger partial charge in [-0.15, -0.1) is 6.58 Å². The Morgan fingerprint density at radius 1 is 1.36 bits per heavy atom. The maximum Gasteiger partial charge on any atom is 0.433 e. The predicted octanol–water partition coefficient (Wildman–Crippen LogP) is 0.920. The summed E-state index contributed by atoms with van der Waals surface area (Å²) in [6, 6.07) is 0. The average molecular weight is 237 g/mol. The van der Waals surface area contributed by atoms with E-state index < -0.39 is 28.1 Å². The molecular formula is C5H5F4O4S-. The summed E-state index contributed by atoms with van der Waals surface area (Å²) in [5, 5.41) is -5.80. The summed E-state index contributed by atoms with van der Waals surface area (Å²) in [7, 11) is -6.48. The van der Waals surface area contributed by atoms with E-state index >= 15 is 0 Å². The Morgan fingerprint density at radius 3 is 2.07 bits per heavy atom. The Balaban J connectivity index is 4.97. The van der Waals surface area contributed by atoms with Gasteiger partial charge in [0, 0.05) is 0 Å². The van der Waals surface area contributed by atoms with Gasteiger partial charge in [0.2, 0.25) is 0 Å². The number of rotatable bonds is 5. The fraction of sp³-hybridized carbons (Fsp3) is 0.600. The van der Waals surface area contributed by atoms with Gasteiger partial charge in [0.15, 0.2) is 10.1 Å². The van der Waals surface area contributed by atoms with Gasteiger partial charge in [-0.1, -0.05) is 6.08 Å². The van der Waals surface area contributed by atoms with Crippen LogP contribution < -0.4 is 0 Å². The molecule has 0 fully saturated rings. The second kappa shape index (κ2) is 3.83. The topological polar surface area (TPSA) is 66.4 Å². The zero-order valence-corrected chi connectivity index (χ0v) is 7.36. The van der Waals surface area contributed by atoms with E-state index in [1.807, 2.05) is 0 Å². The van der Waals surface area contributed by atoms with Gasteiger partial charge in [0.1, 0.15) is 0 Å². The Kier molecular flexibility index (Phi) is 3.65. The summed E-state index contributed by atoms with van der Waals surface area (Å²) in [5.74, 6) is 0. The van der Waals surface area contributed by atoms with Crippen LogP contribution in [0.3, 0.4) is 0 Å². The maximum absolute atomic E-state index is 12.3. The van der Waals surface area contributed by atoms with Crippen molar-refractivity contribution in [2.45, 2.75) is 11.4 Å². The van der Waals surface area contributed by atoms with Crippen LogP contribution in [0.15, 0.2) is 12.7 Å². The number of ether oxygens (including phenoxy) is 1. The van der Waals surface area contributed by atoms with Gasteiger partial charge >= 0.3 is 11.4 Å². The molecule has 0 saturated carbocycles. The summed E-state index contributed by atoms with van der Waals surface area (Å²) in [5.41, 5.74) is 0. The normalized spacial score (nSPS) is 14.1. The van der Waals surface area contributed by atoms with Gasteiger partial charge in [0.05, 0.1) is 6.61 Å². The first kappa shape index (κ1) is 13.3. The molecule has 0 aromatic carbocycles. The molecule has 0 aromatic rings. The standard InChI is InChI=1S/C5H6F4O4S/c1-2-3-13-4(6,7)5(8,9)14(10,11)12/h2H,1,3H2,(H,10,11,12)/p-1. The largest absolute Gasteiger partial charge is 0.743 e. The van der Waals surface area contributed by atoms with Gasteiger partial charge in [-0.3, -0.25) is 0 Å². The van der Waals surface area contributed by atoms with E-state index in [0.29, 0.717) is 6.08 Å². The molecule has 0 bridgehead atoms. The minimum Gasteiger partial charge on any atom is -0.743 e. The maximum atomic E-state index is 12.3. The lowest BCUT2D eigenvalue weighted by molar-refractivity contribution is -0.313. The first-order valence-corrected chi connectivity index (χ1v) is 4.43. The molecule has 4 nitrogen and oxygen atoms in total. The van der Waals surface area contributed by atoms with Crippen LogP contribution in [0, 0.1) is 0 Å². The summed E-state index contributed by atoms with van der Waals surface area (Å²) >= 11 is 0. The average Bonchev–Trinajstić information content (AvgIpc) is 1.98. The van der Waals surface area contributed by atoms with Crippen molar-refractivity contribution >= 4 is 10.1 Å². The third kappa shape index (κ3) is 2.42. The number of halogens is 4. The Morgan fingerprint density at radius 2 is 1.79 bits per heavy atom. The molecule has 0 aliphatic heterocycles. The van der Waals surface area contributed by atoms with Crippen molar-refractivity contribution in [3.63, 3.8) is 0 Å². The van der Waals surface area contributed by atoms with Crippen molar-refractivity contribution in [1.82, 2.24) is 0 Å². The molecule has 0 radical (unpaired) electrons. The van der Waals surface area contributed by atoms with Crippen molar-refractivity contribution in [3.8, 4) is 0 Å². The minimum absolute atomic E-state index is 0.696. The van der Waals surface area contributed by atoms with Crippen molar-refractivity contribution in [2.24, 2.45) is 0 Å². The van der Waals surface area contributed by atoms with E-state index in [9.17, 15) is 30.5 Å². The van der Waals surface area contributed by atoms with Crippen LogP contribution in [0.5, 0.6) is 0 Å². The molecule has 0 N–H and O–H groups in total. The van der Waals surface area contributed by atoms with Gasteiger partial charge in [-0.25, -0.2) is 8.42 Å². The first-order chi connectivity index (χ1) is 6.06. The van der Waals surface area contributed by atoms with Crippen LogP contribution in [0.1, 0.15) is 0 Å². The van der Waals surface area contributed by atoms with Crippen LogP contribution in [-0.2, 0) is 14.9 Å². The fourth-order valence-electron chi connectivity index (χ4n) is 0.393. The molecule has 0 rings (SSSR count). The SMILES string of the molecule is C=CCOC(F)(F)C(F)(F)S(=O)(=O)[O-]. The van der Waals surface area contributed by atoms with Crippen LogP contribution in [0.4, 0.5) is 17.6 Å². The van der Waals surface area contributed by atoms with Gasteiger partial charge < -0.3 is 9.29 Å². The quantitative estimate of drug-likeness (QED) is 0.405. The molecule has 14 heavy (non-hydrogen) atoms. The zero-order valence-electron chi connectivity index (χ0n) is 6.54. The number of hydrogen-bond donors (Lipinski definition) is 0. The van der Waals surface area contributed by atoms with E-state index in [4.69, 9.17) is 0 Å². The van der Waals surface area contributed by atoms with Crippen LogP contribution in [-0.4, -0.2) is 30.9 Å². The fourth-order valence-corrected chi connectivity index (χ4v) is 0.743. The lowest BCUT2D eigenvalue weighted by atomic mass is 10.6. The van der Waals surface area contributed by atoms with Crippen molar-refractivity contribution in [3.05, 3.63) is 12.7 Å². The molecule has 0 saturated heterocycles. The summed E-state index contributed by atoms with van der Waals surface area (Å²) in [6.07, 6.45) is -4.68. The molecule has 9 heteroatoms. The smallest absolute Gasteiger partial charge is 0.433 e. The van der Waals surface area contributed by atoms with Gasteiger partial charge in [0.25, 0.3) is 0 Å². The molecule has 0 aliphatic carbocycles. The molecule has 0 heterocycles. The first-order valence-electron chi connectivity index (χ1n) is 3.02. The Labute approximate surface area is 76.9 Å². The highest BCUT2D eigenvalue weighted by atomic mass is 32.2. The molecule has 0 amide bonds. The van der Waals surface area contributed by atoms with Gasteiger partial charge in [-0.05, 0) is 0 Å². The van der Waals surface area contributed by atoms with E-state index in [-0.39, 0.29) is 0 Å². The zero-order chi connectivity index (χ0) is 11.6. The lowest BCUT2D eigenvalue weighted by Gasteiger charge is -2.27. The molecule has 0 aromatic heterocycles. The van der Waals surface area contributed by atoms with Crippen LogP contribution in [0.25, 0.3) is 0 Å². The number of hydrogen-bond acceptors (Lipinski definition) is 4. The second-order valence-electron chi connectivity index (χ2n) is 2.09. The minimum atomic E-state index is -6.48. The summed E-state index contributed by atoms with van der Waals surface area (Å²) in [4.78, 5) is 0. The van der Waals surface area contributed by atoms with Gasteiger partial charge in [-0.2, -0.15) is 17.6 Å². The molecule has 0 spiro atoms. The molecule has 0 aliphatic rings. The summed E-state index contributed by atoms with van der Waals surface area (Å²) < 4.78 is 81.5. The molecular weight excluding hydrogens is 232 g/mol. The Bertz CT molecular complexity index is 310. The lowest BCUT2D eigenvalue weighted by Crippen LogP contribution is -2.48. The predicted molar refractivity (Wildman–Crippen MR) is 35.7 cm³/mol. The highest BCUT2D eigenvalue weighted by Crippen LogP contribution is 2.38. The van der Waals surface area contributed by atoms with Crippen molar-refractivity contribution in [1.29, 1.82) is 0 Å². The van der Waals surface area contributed by atoms with Crippen LogP contribution >= 0.6 is 0 Å². The second-order valence-corrected chi connectivity index (χ2v) is 3.51. The molecule has 0 unspecified atom stereocenters. The Hall–Kier alpha value is -0.670. The highest BCUT2D eigenvalue weighted by Gasteiger charge is 2.63. The number of alkyl halides is 4. The molecule has 0 atom stereocenters. The van der Waals surface area contributed by atoms with Crippen molar-refractivity contribution < 1.29 is 35.3 Å². The van der Waals surface area contributed by atoms with Crippen LogP contribution in [0.2, 0.25) is 0 Å².